The second kappa shape index (κ2) is 10.8. The molecule has 7 heteroatoms. The molecule has 0 aliphatic rings. The number of benzene rings is 3. The Morgan fingerprint density at radius 2 is 1.37 bits per heavy atom. The number of rotatable bonds is 8. The number of ether oxygens (including phenoxy) is 3. The Morgan fingerprint density at radius 1 is 0.800 bits per heavy atom. The summed E-state index contributed by atoms with van der Waals surface area (Å²) in [5, 5.41) is 5.83. The summed E-state index contributed by atoms with van der Waals surface area (Å²) in [6.45, 7) is 0.878. The van der Waals surface area contributed by atoms with Crippen molar-refractivity contribution in [3.63, 3.8) is 0 Å². The van der Waals surface area contributed by atoms with Gasteiger partial charge in [0.2, 0.25) is 0 Å². The Kier molecular flexibility index (Phi) is 7.63. The predicted octanol–water partition coefficient (Wildman–Crippen LogP) is 4.28. The third-order valence-corrected chi connectivity index (χ3v) is 4.26. The molecule has 154 valence electrons. The number of carbonyl (C=O) groups excluding carboxylic acids is 1. The summed E-state index contributed by atoms with van der Waals surface area (Å²) >= 11 is 5.21. The quantitative estimate of drug-likeness (QED) is 0.417. The van der Waals surface area contributed by atoms with Gasteiger partial charge in [0.25, 0.3) is 5.91 Å². The minimum Gasteiger partial charge on any atom is -0.497 e. The molecule has 3 aromatic rings. The van der Waals surface area contributed by atoms with E-state index >= 15 is 0 Å². The molecule has 0 saturated carbocycles. The van der Waals surface area contributed by atoms with Crippen LogP contribution in [0.3, 0.4) is 0 Å². The first-order valence-corrected chi connectivity index (χ1v) is 9.72. The first kappa shape index (κ1) is 21.1. The molecule has 0 aliphatic carbocycles. The van der Waals surface area contributed by atoms with Crippen LogP contribution in [-0.4, -0.2) is 31.3 Å². The topological polar surface area (TPSA) is 68.8 Å². The van der Waals surface area contributed by atoms with Gasteiger partial charge in [-0.1, -0.05) is 18.2 Å². The van der Waals surface area contributed by atoms with Gasteiger partial charge in [-0.3, -0.25) is 10.1 Å². The molecule has 30 heavy (non-hydrogen) atoms. The van der Waals surface area contributed by atoms with Crippen LogP contribution in [-0.2, 0) is 0 Å². The second-order valence-electron chi connectivity index (χ2n) is 6.17. The Morgan fingerprint density at radius 3 is 1.97 bits per heavy atom. The standard InChI is InChI=1S/C23H22N2O4S/c1-27-19-11-7-17(8-12-19)22(26)25-23(30)24-18-9-13-21(14-10-18)29-16-15-28-20-5-3-2-4-6-20/h2-14H,15-16H2,1H3,(H2,24,25,26,30). The van der Waals surface area contributed by atoms with Crippen molar-refractivity contribution in [3.8, 4) is 17.2 Å². The lowest BCUT2D eigenvalue weighted by Gasteiger charge is -2.11. The number of hydrogen-bond donors (Lipinski definition) is 2. The Balaban J connectivity index is 1.41. The van der Waals surface area contributed by atoms with Gasteiger partial charge in [-0.05, 0) is 72.9 Å². The summed E-state index contributed by atoms with van der Waals surface area (Å²) in [6.07, 6.45) is 0. The van der Waals surface area contributed by atoms with Crippen molar-refractivity contribution in [2.75, 3.05) is 25.6 Å². The van der Waals surface area contributed by atoms with Crippen LogP contribution in [0.5, 0.6) is 17.2 Å². The van der Waals surface area contributed by atoms with Crippen LogP contribution in [0.25, 0.3) is 0 Å². The molecule has 0 bridgehead atoms. The SMILES string of the molecule is COc1ccc(C(=O)NC(=S)Nc2ccc(OCCOc3ccccc3)cc2)cc1. The molecule has 0 fully saturated rings. The normalized spacial score (nSPS) is 10.0. The molecular weight excluding hydrogens is 400 g/mol. The zero-order valence-electron chi connectivity index (χ0n) is 16.5. The minimum absolute atomic E-state index is 0.209. The Bertz CT molecular complexity index is 961. The predicted molar refractivity (Wildman–Crippen MR) is 121 cm³/mol. The Labute approximate surface area is 180 Å². The van der Waals surface area contributed by atoms with Gasteiger partial charge in [0.1, 0.15) is 30.5 Å². The molecule has 2 N–H and O–H groups in total. The van der Waals surface area contributed by atoms with Crippen molar-refractivity contribution >= 4 is 28.9 Å². The van der Waals surface area contributed by atoms with E-state index < -0.39 is 0 Å². The molecule has 0 atom stereocenters. The third kappa shape index (κ3) is 6.49. The summed E-state index contributed by atoms with van der Waals surface area (Å²) < 4.78 is 16.3. The molecule has 0 radical (unpaired) electrons. The van der Waals surface area contributed by atoms with E-state index in [1.54, 1.807) is 31.4 Å². The van der Waals surface area contributed by atoms with Crippen molar-refractivity contribution < 1.29 is 19.0 Å². The fourth-order valence-electron chi connectivity index (χ4n) is 2.55. The fourth-order valence-corrected chi connectivity index (χ4v) is 2.76. The van der Waals surface area contributed by atoms with Crippen molar-refractivity contribution in [2.45, 2.75) is 0 Å². The molecule has 0 spiro atoms. The molecule has 0 heterocycles. The highest BCUT2D eigenvalue weighted by atomic mass is 32.1. The highest BCUT2D eigenvalue weighted by Crippen LogP contribution is 2.16. The van der Waals surface area contributed by atoms with E-state index in [1.165, 1.54) is 0 Å². The number of amides is 1. The minimum atomic E-state index is -0.298. The van der Waals surface area contributed by atoms with Gasteiger partial charge in [-0.2, -0.15) is 0 Å². The molecule has 3 rings (SSSR count). The number of carbonyl (C=O) groups is 1. The summed E-state index contributed by atoms with van der Waals surface area (Å²) in [4.78, 5) is 12.2. The van der Waals surface area contributed by atoms with Crippen LogP contribution >= 0.6 is 12.2 Å². The van der Waals surface area contributed by atoms with E-state index in [0.717, 1.165) is 11.4 Å². The lowest BCUT2D eigenvalue weighted by atomic mass is 10.2. The highest BCUT2D eigenvalue weighted by molar-refractivity contribution is 7.80. The molecule has 0 unspecified atom stereocenters. The zero-order chi connectivity index (χ0) is 21.2. The van der Waals surface area contributed by atoms with Crippen LogP contribution < -0.4 is 24.8 Å². The van der Waals surface area contributed by atoms with Crippen LogP contribution in [0, 0.1) is 0 Å². The van der Waals surface area contributed by atoms with Crippen LogP contribution in [0.15, 0.2) is 78.9 Å². The largest absolute Gasteiger partial charge is 0.497 e. The molecule has 0 saturated heterocycles. The number of methoxy groups -OCH3 is 1. The molecule has 0 aromatic heterocycles. The van der Waals surface area contributed by atoms with E-state index in [-0.39, 0.29) is 11.0 Å². The summed E-state index contributed by atoms with van der Waals surface area (Å²) in [7, 11) is 1.57. The van der Waals surface area contributed by atoms with Gasteiger partial charge in [-0.15, -0.1) is 0 Å². The van der Waals surface area contributed by atoms with Crippen molar-refractivity contribution in [3.05, 3.63) is 84.4 Å². The first-order chi connectivity index (χ1) is 14.6. The maximum atomic E-state index is 12.2. The molecule has 1 amide bonds. The van der Waals surface area contributed by atoms with Crippen molar-refractivity contribution in [1.82, 2.24) is 5.32 Å². The maximum absolute atomic E-state index is 12.2. The molecular formula is C23H22N2O4S. The lowest BCUT2D eigenvalue weighted by molar-refractivity contribution is 0.0977. The highest BCUT2D eigenvalue weighted by Gasteiger charge is 2.08. The monoisotopic (exact) mass is 422 g/mol. The number of para-hydroxylation sites is 1. The summed E-state index contributed by atoms with van der Waals surface area (Å²) in [5.41, 5.74) is 1.23. The number of hydrogen-bond acceptors (Lipinski definition) is 5. The number of nitrogens with one attached hydrogen (secondary N) is 2. The van der Waals surface area contributed by atoms with Gasteiger partial charge < -0.3 is 19.5 Å². The van der Waals surface area contributed by atoms with E-state index in [0.29, 0.717) is 30.3 Å². The zero-order valence-corrected chi connectivity index (χ0v) is 17.3. The van der Waals surface area contributed by atoms with Gasteiger partial charge in [0.05, 0.1) is 7.11 Å². The Hall–Kier alpha value is -3.58. The fraction of sp³-hybridized carbons (Fsp3) is 0.130. The average molecular weight is 423 g/mol. The van der Waals surface area contributed by atoms with Gasteiger partial charge in [0, 0.05) is 11.3 Å². The lowest BCUT2D eigenvalue weighted by Crippen LogP contribution is -2.34. The van der Waals surface area contributed by atoms with E-state index in [1.807, 2.05) is 54.6 Å². The molecule has 0 aliphatic heterocycles. The van der Waals surface area contributed by atoms with Crippen molar-refractivity contribution in [2.24, 2.45) is 0 Å². The smallest absolute Gasteiger partial charge is 0.257 e. The number of anilines is 1. The average Bonchev–Trinajstić information content (AvgIpc) is 2.78. The molecule has 6 nitrogen and oxygen atoms in total. The first-order valence-electron chi connectivity index (χ1n) is 9.31. The van der Waals surface area contributed by atoms with E-state index in [2.05, 4.69) is 10.6 Å². The summed E-state index contributed by atoms with van der Waals surface area (Å²) in [5.74, 6) is 1.91. The van der Waals surface area contributed by atoms with Gasteiger partial charge in [0.15, 0.2) is 5.11 Å². The molecule has 3 aromatic carbocycles. The van der Waals surface area contributed by atoms with Gasteiger partial charge in [-0.25, -0.2) is 0 Å². The van der Waals surface area contributed by atoms with Crippen LogP contribution in [0.1, 0.15) is 10.4 Å². The number of thiocarbonyl (C=S) groups is 1. The van der Waals surface area contributed by atoms with E-state index in [9.17, 15) is 4.79 Å². The third-order valence-electron chi connectivity index (χ3n) is 4.06. The van der Waals surface area contributed by atoms with Gasteiger partial charge >= 0.3 is 0 Å². The van der Waals surface area contributed by atoms with Crippen LogP contribution in [0.4, 0.5) is 5.69 Å². The second-order valence-corrected chi connectivity index (χ2v) is 6.58. The van der Waals surface area contributed by atoms with E-state index in [4.69, 9.17) is 26.4 Å². The van der Waals surface area contributed by atoms with Crippen molar-refractivity contribution in [1.29, 1.82) is 0 Å². The summed E-state index contributed by atoms with van der Waals surface area (Å²) in [6, 6.07) is 23.6. The maximum Gasteiger partial charge on any atom is 0.257 e. The van der Waals surface area contributed by atoms with Crippen LogP contribution in [0.2, 0.25) is 0 Å².